The molecule has 2 heterocycles. The van der Waals surface area contributed by atoms with Crippen LogP contribution in [0, 0.1) is 11.3 Å². The highest BCUT2D eigenvalue weighted by molar-refractivity contribution is 5.99. The van der Waals surface area contributed by atoms with Crippen LogP contribution < -0.4 is 5.43 Å². The summed E-state index contributed by atoms with van der Waals surface area (Å²) < 4.78 is 0. The van der Waals surface area contributed by atoms with E-state index in [1.807, 2.05) is 4.90 Å². The Morgan fingerprint density at radius 2 is 2.04 bits per heavy atom. The van der Waals surface area contributed by atoms with Gasteiger partial charge in [-0.3, -0.25) is 15.1 Å². The Kier molecular flexibility index (Phi) is 3.43. The van der Waals surface area contributed by atoms with Crippen LogP contribution in [-0.2, 0) is 4.79 Å². The van der Waals surface area contributed by atoms with Gasteiger partial charge in [0.15, 0.2) is 0 Å². The fraction of sp³-hybridized carbons (Fsp3) is 0.778. The van der Waals surface area contributed by atoms with Crippen LogP contribution in [0.15, 0.2) is 16.5 Å². The van der Waals surface area contributed by atoms with E-state index in [-0.39, 0.29) is 17.5 Å². The molecule has 2 fully saturated rings. The quantitative estimate of drug-likeness (QED) is 0.819. The molecule has 0 aromatic heterocycles. The van der Waals surface area contributed by atoms with Gasteiger partial charge in [0.25, 0.3) is 5.91 Å². The van der Waals surface area contributed by atoms with Gasteiger partial charge < -0.3 is 4.90 Å². The lowest BCUT2D eigenvalue weighted by molar-refractivity contribution is -0.135. The standard InChI is InChI=1S/C18H28N4O/c1-4-6-11-21-12(3)14(5-2)22-15(16(21)23)19-20-17(22)18(9-10-18)13-7-8-13/h13,15,19H,4-11H2,1-3H3. The molecule has 4 rings (SSSR count). The number of hydrazone groups is 1. The molecular formula is C18H28N4O. The highest BCUT2D eigenvalue weighted by Crippen LogP contribution is 2.63. The first kappa shape index (κ1) is 15.0. The lowest BCUT2D eigenvalue weighted by Crippen LogP contribution is -2.57. The summed E-state index contributed by atoms with van der Waals surface area (Å²) in [6.45, 7) is 7.29. The number of allylic oxidation sites excluding steroid dienone is 2. The minimum atomic E-state index is -0.309. The summed E-state index contributed by atoms with van der Waals surface area (Å²) >= 11 is 0. The SMILES string of the molecule is CCCCN1C(=O)C2NN=C(C3(C4CC4)CC3)N2C(CC)=C1C. The molecule has 1 amide bonds. The van der Waals surface area contributed by atoms with Crippen molar-refractivity contribution in [2.45, 2.75) is 71.9 Å². The number of fused-ring (bicyclic) bond motifs is 1. The molecule has 4 aliphatic rings. The molecule has 1 unspecified atom stereocenters. The third-order valence-electron chi connectivity index (χ3n) is 6.06. The van der Waals surface area contributed by atoms with E-state index < -0.39 is 0 Å². The van der Waals surface area contributed by atoms with Crippen LogP contribution in [0.5, 0.6) is 0 Å². The van der Waals surface area contributed by atoms with Crippen molar-refractivity contribution >= 4 is 11.7 Å². The maximum Gasteiger partial charge on any atom is 0.272 e. The summed E-state index contributed by atoms with van der Waals surface area (Å²) in [5.74, 6) is 2.12. The molecule has 2 aliphatic heterocycles. The predicted molar refractivity (Wildman–Crippen MR) is 90.2 cm³/mol. The van der Waals surface area contributed by atoms with Gasteiger partial charge in [-0.15, -0.1) is 0 Å². The van der Waals surface area contributed by atoms with E-state index in [4.69, 9.17) is 0 Å². The molecule has 0 saturated heterocycles. The summed E-state index contributed by atoms with van der Waals surface area (Å²) in [4.78, 5) is 17.2. The average molecular weight is 316 g/mol. The number of hydrogen-bond donors (Lipinski definition) is 1. The first-order valence-electron chi connectivity index (χ1n) is 9.28. The molecule has 0 aromatic rings. The first-order chi connectivity index (χ1) is 11.1. The van der Waals surface area contributed by atoms with Crippen molar-refractivity contribution in [3.63, 3.8) is 0 Å². The molecule has 5 heteroatoms. The summed E-state index contributed by atoms with van der Waals surface area (Å²) in [6.07, 6.45) is 7.93. The number of hydrogen-bond acceptors (Lipinski definition) is 4. The van der Waals surface area contributed by atoms with Gasteiger partial charge in [0.1, 0.15) is 5.84 Å². The van der Waals surface area contributed by atoms with Crippen LogP contribution in [0.25, 0.3) is 0 Å². The Bertz CT molecular complexity index is 586. The number of carbonyl (C=O) groups is 1. The number of rotatable bonds is 6. The lowest BCUT2D eigenvalue weighted by Gasteiger charge is -2.41. The van der Waals surface area contributed by atoms with Crippen LogP contribution in [0.1, 0.15) is 65.7 Å². The molecule has 5 nitrogen and oxygen atoms in total. The van der Waals surface area contributed by atoms with Crippen LogP contribution in [0.3, 0.4) is 0 Å². The van der Waals surface area contributed by atoms with Crippen molar-refractivity contribution in [3.05, 3.63) is 11.4 Å². The van der Waals surface area contributed by atoms with Gasteiger partial charge in [-0.25, -0.2) is 0 Å². The number of amidine groups is 1. The molecular weight excluding hydrogens is 288 g/mol. The molecule has 0 spiro atoms. The molecule has 1 atom stereocenters. The van der Waals surface area contributed by atoms with Crippen molar-refractivity contribution in [1.82, 2.24) is 15.2 Å². The summed E-state index contributed by atoms with van der Waals surface area (Å²) in [5.41, 5.74) is 5.85. The number of nitrogens with zero attached hydrogens (tertiary/aromatic N) is 3. The first-order valence-corrected chi connectivity index (χ1v) is 9.28. The van der Waals surface area contributed by atoms with Gasteiger partial charge in [-0.2, -0.15) is 5.10 Å². The Hall–Kier alpha value is -1.52. The van der Waals surface area contributed by atoms with Gasteiger partial charge in [0.2, 0.25) is 6.17 Å². The highest BCUT2D eigenvalue weighted by Gasteiger charge is 2.62. The maximum absolute atomic E-state index is 13.0. The number of amides is 1. The maximum atomic E-state index is 13.0. The van der Waals surface area contributed by atoms with Gasteiger partial charge in [0, 0.05) is 23.4 Å². The Balaban J connectivity index is 1.68. The largest absolute Gasteiger partial charge is 0.311 e. The normalized spacial score (nSPS) is 28.7. The summed E-state index contributed by atoms with van der Waals surface area (Å²) in [5, 5.41) is 4.68. The molecule has 2 saturated carbocycles. The zero-order valence-corrected chi connectivity index (χ0v) is 14.6. The van der Waals surface area contributed by atoms with Gasteiger partial charge >= 0.3 is 0 Å². The van der Waals surface area contributed by atoms with Crippen molar-refractivity contribution in [2.24, 2.45) is 16.4 Å². The van der Waals surface area contributed by atoms with E-state index in [1.54, 1.807) is 0 Å². The van der Waals surface area contributed by atoms with Crippen molar-refractivity contribution in [3.8, 4) is 0 Å². The van der Waals surface area contributed by atoms with Crippen LogP contribution in [-0.4, -0.2) is 34.3 Å². The van der Waals surface area contributed by atoms with E-state index in [0.717, 1.165) is 43.3 Å². The van der Waals surface area contributed by atoms with Crippen LogP contribution in [0.2, 0.25) is 0 Å². The highest BCUT2D eigenvalue weighted by atomic mass is 16.2. The van der Waals surface area contributed by atoms with Crippen molar-refractivity contribution in [1.29, 1.82) is 0 Å². The second-order valence-corrected chi connectivity index (χ2v) is 7.50. The number of nitrogens with one attached hydrogen (secondary N) is 1. The summed E-state index contributed by atoms with van der Waals surface area (Å²) in [7, 11) is 0. The third kappa shape index (κ3) is 2.12. The van der Waals surface area contributed by atoms with Crippen LogP contribution >= 0.6 is 0 Å². The molecule has 0 radical (unpaired) electrons. The smallest absolute Gasteiger partial charge is 0.272 e. The molecule has 126 valence electrons. The fourth-order valence-corrected chi connectivity index (χ4v) is 4.41. The van der Waals surface area contributed by atoms with Gasteiger partial charge in [-0.1, -0.05) is 20.3 Å². The van der Waals surface area contributed by atoms with E-state index in [1.165, 1.54) is 31.4 Å². The van der Waals surface area contributed by atoms with Crippen molar-refractivity contribution < 1.29 is 4.79 Å². The van der Waals surface area contributed by atoms with Crippen LogP contribution in [0.4, 0.5) is 0 Å². The summed E-state index contributed by atoms with van der Waals surface area (Å²) in [6, 6.07) is 0. The van der Waals surface area contributed by atoms with Gasteiger partial charge in [-0.05, 0) is 51.4 Å². The molecule has 0 aromatic carbocycles. The molecule has 2 aliphatic carbocycles. The second kappa shape index (κ2) is 5.25. The minimum Gasteiger partial charge on any atom is -0.311 e. The van der Waals surface area contributed by atoms with E-state index >= 15 is 0 Å². The molecule has 1 N–H and O–H groups in total. The topological polar surface area (TPSA) is 47.9 Å². The third-order valence-corrected chi connectivity index (χ3v) is 6.06. The minimum absolute atomic E-state index is 0.165. The Labute approximate surface area is 138 Å². The number of unbranched alkanes of at least 4 members (excludes halogenated alkanes) is 1. The Morgan fingerprint density at radius 3 is 2.61 bits per heavy atom. The second-order valence-electron chi connectivity index (χ2n) is 7.50. The monoisotopic (exact) mass is 316 g/mol. The number of carbonyl (C=O) groups excluding carboxylic acids is 1. The predicted octanol–water partition coefficient (Wildman–Crippen LogP) is 3.01. The zero-order valence-electron chi connectivity index (χ0n) is 14.6. The molecule has 23 heavy (non-hydrogen) atoms. The van der Waals surface area contributed by atoms with E-state index in [2.05, 4.69) is 36.2 Å². The van der Waals surface area contributed by atoms with Crippen molar-refractivity contribution in [2.75, 3.05) is 6.54 Å². The molecule has 0 bridgehead atoms. The average Bonchev–Trinajstić information content (AvgIpc) is 3.45. The fourth-order valence-electron chi connectivity index (χ4n) is 4.41. The van der Waals surface area contributed by atoms with E-state index in [9.17, 15) is 4.79 Å². The lowest BCUT2D eigenvalue weighted by atomic mass is 9.96. The Morgan fingerprint density at radius 1 is 1.30 bits per heavy atom. The van der Waals surface area contributed by atoms with Gasteiger partial charge in [0.05, 0.1) is 0 Å². The zero-order chi connectivity index (χ0) is 16.2. The van der Waals surface area contributed by atoms with E-state index in [0.29, 0.717) is 0 Å².